The van der Waals surface area contributed by atoms with Crippen molar-refractivity contribution in [2.75, 3.05) is 26.3 Å². The molecule has 0 unspecified atom stereocenters. The smallest absolute Gasteiger partial charge is 0.291 e. The van der Waals surface area contributed by atoms with Gasteiger partial charge >= 0.3 is 0 Å². The number of hydrogen-bond acceptors (Lipinski definition) is 6. The third-order valence-corrected chi connectivity index (χ3v) is 3.62. The predicted molar refractivity (Wildman–Crippen MR) is 85.9 cm³/mol. The Balaban J connectivity index is 1.30. The van der Waals surface area contributed by atoms with Crippen molar-refractivity contribution in [2.24, 2.45) is 0 Å². The molecule has 1 saturated heterocycles. The van der Waals surface area contributed by atoms with E-state index in [1.807, 2.05) is 30.3 Å². The van der Waals surface area contributed by atoms with Crippen LogP contribution in [0.5, 0.6) is 11.5 Å². The van der Waals surface area contributed by atoms with Gasteiger partial charge in [-0.15, -0.1) is 0 Å². The molecule has 0 atom stereocenters. The van der Waals surface area contributed by atoms with Crippen LogP contribution in [0.4, 0.5) is 0 Å². The van der Waals surface area contributed by atoms with E-state index in [0.29, 0.717) is 26.3 Å². The SMILES string of the molecule is O=C(c1ncc(O)cn1)N1CC(OCCCOc2ccccc2)C1. The predicted octanol–water partition coefficient (Wildman–Crippen LogP) is 1.49. The Morgan fingerprint density at radius 3 is 2.58 bits per heavy atom. The molecule has 1 aliphatic rings. The molecule has 2 heterocycles. The maximum atomic E-state index is 12.1. The fourth-order valence-electron chi connectivity index (χ4n) is 2.30. The number of benzene rings is 1. The molecule has 0 aliphatic carbocycles. The number of para-hydroxylation sites is 1. The van der Waals surface area contributed by atoms with Crippen LogP contribution in [0.15, 0.2) is 42.7 Å². The van der Waals surface area contributed by atoms with Crippen molar-refractivity contribution in [3.05, 3.63) is 48.5 Å². The minimum atomic E-state index is -0.248. The van der Waals surface area contributed by atoms with Gasteiger partial charge in [-0.1, -0.05) is 18.2 Å². The lowest BCUT2D eigenvalue weighted by Gasteiger charge is -2.38. The highest BCUT2D eigenvalue weighted by Gasteiger charge is 2.32. The van der Waals surface area contributed by atoms with E-state index in [9.17, 15) is 4.79 Å². The standard InChI is InChI=1S/C17H19N3O4/c21-13-9-18-16(19-10-13)17(22)20-11-15(12-20)24-8-4-7-23-14-5-2-1-3-6-14/h1-3,5-6,9-10,15,21H,4,7-8,11-12H2. The molecule has 1 amide bonds. The molecule has 0 radical (unpaired) electrons. The quantitative estimate of drug-likeness (QED) is 0.775. The third kappa shape index (κ3) is 4.20. The van der Waals surface area contributed by atoms with E-state index >= 15 is 0 Å². The first-order valence-electron chi connectivity index (χ1n) is 7.82. The first-order chi connectivity index (χ1) is 11.7. The number of nitrogens with zero attached hydrogens (tertiary/aromatic N) is 3. The van der Waals surface area contributed by atoms with Crippen LogP contribution in [0.3, 0.4) is 0 Å². The fourth-order valence-corrected chi connectivity index (χ4v) is 2.30. The molecule has 0 spiro atoms. The molecule has 126 valence electrons. The van der Waals surface area contributed by atoms with Gasteiger partial charge < -0.3 is 19.5 Å². The number of aromatic hydroxyl groups is 1. The van der Waals surface area contributed by atoms with Crippen molar-refractivity contribution in [3.63, 3.8) is 0 Å². The van der Waals surface area contributed by atoms with Gasteiger partial charge in [0.1, 0.15) is 5.75 Å². The van der Waals surface area contributed by atoms with Gasteiger partial charge in [0.05, 0.1) is 31.7 Å². The Bertz CT molecular complexity index is 657. The second kappa shape index (κ2) is 7.74. The first kappa shape index (κ1) is 16.2. The van der Waals surface area contributed by atoms with E-state index in [2.05, 4.69) is 9.97 Å². The van der Waals surface area contributed by atoms with Gasteiger partial charge in [0.25, 0.3) is 5.91 Å². The number of likely N-dealkylation sites (tertiary alicyclic amines) is 1. The number of rotatable bonds is 7. The molecule has 1 fully saturated rings. The third-order valence-electron chi connectivity index (χ3n) is 3.62. The number of carbonyl (C=O) groups excluding carboxylic acids is 1. The zero-order valence-corrected chi connectivity index (χ0v) is 13.2. The van der Waals surface area contributed by atoms with Gasteiger partial charge in [0.2, 0.25) is 5.82 Å². The second-order valence-electron chi connectivity index (χ2n) is 5.48. The highest BCUT2D eigenvalue weighted by molar-refractivity contribution is 5.91. The lowest BCUT2D eigenvalue weighted by Crippen LogP contribution is -2.55. The summed E-state index contributed by atoms with van der Waals surface area (Å²) in [6.07, 6.45) is 3.25. The van der Waals surface area contributed by atoms with Gasteiger partial charge in [0.15, 0.2) is 5.75 Å². The highest BCUT2D eigenvalue weighted by atomic mass is 16.5. The van der Waals surface area contributed by atoms with Crippen molar-refractivity contribution in [3.8, 4) is 11.5 Å². The lowest BCUT2D eigenvalue weighted by atomic mass is 10.1. The van der Waals surface area contributed by atoms with Crippen LogP contribution in [0, 0.1) is 0 Å². The molecule has 1 aliphatic heterocycles. The van der Waals surface area contributed by atoms with Crippen LogP contribution in [-0.2, 0) is 4.74 Å². The minimum Gasteiger partial charge on any atom is -0.505 e. The molecule has 7 heteroatoms. The molecule has 1 aromatic heterocycles. The summed E-state index contributed by atoms with van der Waals surface area (Å²) in [5.41, 5.74) is 0. The van der Waals surface area contributed by atoms with Crippen LogP contribution in [-0.4, -0.2) is 58.3 Å². The summed E-state index contributed by atoms with van der Waals surface area (Å²) in [6, 6.07) is 9.65. The largest absolute Gasteiger partial charge is 0.505 e. The van der Waals surface area contributed by atoms with Crippen LogP contribution in [0.1, 0.15) is 17.0 Å². The molecule has 24 heavy (non-hydrogen) atoms. The van der Waals surface area contributed by atoms with Crippen LogP contribution >= 0.6 is 0 Å². The Hall–Kier alpha value is -2.67. The Kier molecular flexibility index (Phi) is 5.22. The monoisotopic (exact) mass is 329 g/mol. The van der Waals surface area contributed by atoms with E-state index in [1.54, 1.807) is 4.90 Å². The topological polar surface area (TPSA) is 84.8 Å². The van der Waals surface area contributed by atoms with Crippen molar-refractivity contribution in [1.82, 2.24) is 14.9 Å². The van der Waals surface area contributed by atoms with E-state index in [0.717, 1.165) is 12.2 Å². The summed E-state index contributed by atoms with van der Waals surface area (Å²) in [6.45, 7) is 2.25. The van der Waals surface area contributed by atoms with Gasteiger partial charge in [0, 0.05) is 19.5 Å². The van der Waals surface area contributed by atoms with Crippen LogP contribution < -0.4 is 4.74 Å². The average Bonchev–Trinajstić information content (AvgIpc) is 2.57. The molecular formula is C17H19N3O4. The van der Waals surface area contributed by atoms with Gasteiger partial charge in [-0.25, -0.2) is 9.97 Å². The first-order valence-corrected chi connectivity index (χ1v) is 7.82. The number of hydrogen-bond donors (Lipinski definition) is 1. The molecule has 1 N–H and O–H groups in total. The number of ether oxygens (including phenoxy) is 2. The summed E-state index contributed by atoms with van der Waals surface area (Å²) < 4.78 is 11.3. The molecule has 7 nitrogen and oxygen atoms in total. The molecule has 2 aromatic rings. The maximum Gasteiger partial charge on any atom is 0.291 e. The summed E-state index contributed by atoms with van der Waals surface area (Å²) >= 11 is 0. The van der Waals surface area contributed by atoms with Crippen molar-refractivity contribution >= 4 is 5.91 Å². The Morgan fingerprint density at radius 2 is 1.88 bits per heavy atom. The molecule has 3 rings (SSSR count). The van der Waals surface area contributed by atoms with Gasteiger partial charge in [-0.2, -0.15) is 0 Å². The van der Waals surface area contributed by atoms with Crippen molar-refractivity contribution in [1.29, 1.82) is 0 Å². The zero-order valence-electron chi connectivity index (χ0n) is 13.2. The number of carbonyl (C=O) groups is 1. The zero-order chi connectivity index (χ0) is 16.8. The van der Waals surface area contributed by atoms with Crippen molar-refractivity contribution in [2.45, 2.75) is 12.5 Å². The van der Waals surface area contributed by atoms with E-state index in [-0.39, 0.29) is 23.6 Å². The summed E-state index contributed by atoms with van der Waals surface area (Å²) in [5, 5.41) is 9.12. The Morgan fingerprint density at radius 1 is 1.17 bits per heavy atom. The molecule has 0 saturated carbocycles. The minimum absolute atomic E-state index is 0.0443. The fraction of sp³-hybridized carbons (Fsp3) is 0.353. The van der Waals surface area contributed by atoms with Crippen LogP contribution in [0.25, 0.3) is 0 Å². The molecular weight excluding hydrogens is 310 g/mol. The lowest BCUT2D eigenvalue weighted by molar-refractivity contribution is -0.0453. The van der Waals surface area contributed by atoms with E-state index in [4.69, 9.17) is 14.6 Å². The normalized spacial score (nSPS) is 14.2. The van der Waals surface area contributed by atoms with Gasteiger partial charge in [-0.05, 0) is 12.1 Å². The highest BCUT2D eigenvalue weighted by Crippen LogP contribution is 2.15. The molecule has 1 aromatic carbocycles. The summed E-state index contributed by atoms with van der Waals surface area (Å²) in [7, 11) is 0. The van der Waals surface area contributed by atoms with E-state index in [1.165, 1.54) is 12.4 Å². The number of amides is 1. The van der Waals surface area contributed by atoms with Crippen LogP contribution in [0.2, 0.25) is 0 Å². The van der Waals surface area contributed by atoms with Gasteiger partial charge in [-0.3, -0.25) is 4.79 Å². The summed E-state index contributed by atoms with van der Waals surface area (Å²) in [4.78, 5) is 21.3. The summed E-state index contributed by atoms with van der Waals surface area (Å²) in [5.74, 6) is 0.630. The Labute approximate surface area is 139 Å². The molecule has 0 bridgehead atoms. The second-order valence-corrected chi connectivity index (χ2v) is 5.48. The van der Waals surface area contributed by atoms with Crippen molar-refractivity contribution < 1.29 is 19.4 Å². The van der Waals surface area contributed by atoms with E-state index < -0.39 is 0 Å². The average molecular weight is 329 g/mol. The number of aromatic nitrogens is 2. The maximum absolute atomic E-state index is 12.1.